The molecule has 1 saturated carbocycles. The predicted octanol–water partition coefficient (Wildman–Crippen LogP) is 4.68. The van der Waals surface area contributed by atoms with Gasteiger partial charge in [-0.25, -0.2) is 9.38 Å². The number of nitrogens with two attached hydrogens (primary N) is 1. The summed E-state index contributed by atoms with van der Waals surface area (Å²) in [5, 5.41) is 0. The van der Waals surface area contributed by atoms with Crippen LogP contribution in [0.4, 0.5) is 4.39 Å². The van der Waals surface area contributed by atoms with Gasteiger partial charge in [-0.15, -0.1) is 0 Å². The first-order chi connectivity index (χ1) is 18.0. The SMILES string of the molecule is NC1=NC(c2ccccc2)(c2ccccc2)C(=O)N1CC1CCC(C(=O)COc2ccc(F)cc2)CC1. The Bertz CT molecular complexity index is 1230. The Labute approximate surface area is 216 Å². The van der Waals surface area contributed by atoms with Crippen molar-refractivity contribution >= 4 is 17.6 Å². The summed E-state index contributed by atoms with van der Waals surface area (Å²) in [6.07, 6.45) is 3.09. The Morgan fingerprint density at radius 1 is 0.919 bits per heavy atom. The second-order valence-electron chi connectivity index (χ2n) is 9.75. The summed E-state index contributed by atoms with van der Waals surface area (Å²) in [6.45, 7) is 0.449. The van der Waals surface area contributed by atoms with Gasteiger partial charge in [-0.05, 0) is 67.0 Å². The van der Waals surface area contributed by atoms with Crippen molar-refractivity contribution in [2.75, 3.05) is 13.2 Å². The molecule has 1 heterocycles. The molecule has 1 aliphatic carbocycles. The van der Waals surface area contributed by atoms with Crippen LogP contribution < -0.4 is 10.5 Å². The Kier molecular flexibility index (Phi) is 7.04. The number of guanidine groups is 1. The van der Waals surface area contributed by atoms with E-state index in [4.69, 9.17) is 15.5 Å². The number of benzene rings is 3. The van der Waals surface area contributed by atoms with Crippen molar-refractivity contribution in [3.8, 4) is 5.75 Å². The molecule has 190 valence electrons. The van der Waals surface area contributed by atoms with Crippen LogP contribution in [0.25, 0.3) is 0 Å². The van der Waals surface area contributed by atoms with Crippen molar-refractivity contribution in [3.63, 3.8) is 0 Å². The van der Waals surface area contributed by atoms with E-state index < -0.39 is 5.54 Å². The molecule has 1 fully saturated rings. The van der Waals surface area contributed by atoms with Gasteiger partial charge < -0.3 is 10.5 Å². The Morgan fingerprint density at radius 2 is 1.49 bits per heavy atom. The van der Waals surface area contributed by atoms with Gasteiger partial charge in [-0.1, -0.05) is 60.7 Å². The average Bonchev–Trinajstić information content (AvgIpc) is 3.19. The number of hydrogen-bond donors (Lipinski definition) is 1. The van der Waals surface area contributed by atoms with Crippen molar-refractivity contribution < 1.29 is 18.7 Å². The van der Waals surface area contributed by atoms with Crippen molar-refractivity contribution in [1.29, 1.82) is 0 Å². The number of carbonyl (C=O) groups excluding carboxylic acids is 2. The van der Waals surface area contributed by atoms with E-state index in [0.29, 0.717) is 12.3 Å². The fourth-order valence-electron chi connectivity index (χ4n) is 5.39. The standard InChI is InChI=1S/C30H30FN3O3/c31-25-15-17-26(18-16-25)37-20-27(35)22-13-11-21(12-14-22)19-34-28(36)30(33-29(34)32,23-7-3-1-4-8-23)24-9-5-2-6-10-24/h1-10,15-18,21-22H,11-14,19-20H2,(H2,32,33). The van der Waals surface area contributed by atoms with E-state index in [-0.39, 0.29) is 41.9 Å². The zero-order valence-electron chi connectivity index (χ0n) is 20.6. The molecule has 3 aromatic carbocycles. The summed E-state index contributed by atoms with van der Waals surface area (Å²) >= 11 is 0. The van der Waals surface area contributed by atoms with Crippen LogP contribution in [0, 0.1) is 17.7 Å². The molecule has 0 aromatic heterocycles. The summed E-state index contributed by atoms with van der Waals surface area (Å²) in [6, 6.07) is 24.7. The summed E-state index contributed by atoms with van der Waals surface area (Å²) in [5.41, 5.74) is 6.75. The lowest BCUT2D eigenvalue weighted by atomic mass is 9.79. The molecule has 0 bridgehead atoms. The quantitative estimate of drug-likeness (QED) is 0.488. The fourth-order valence-corrected chi connectivity index (χ4v) is 5.39. The molecular weight excluding hydrogens is 469 g/mol. The van der Waals surface area contributed by atoms with Gasteiger partial charge in [-0.2, -0.15) is 0 Å². The molecule has 0 spiro atoms. The normalized spacial score (nSPS) is 20.9. The molecule has 7 heteroatoms. The van der Waals surface area contributed by atoms with E-state index in [0.717, 1.165) is 36.8 Å². The highest BCUT2D eigenvalue weighted by molar-refractivity contribution is 6.09. The molecule has 0 atom stereocenters. The number of Topliss-reactive ketones (excluding diaryl/α,β-unsaturated/α-hetero) is 1. The van der Waals surface area contributed by atoms with Crippen molar-refractivity contribution in [2.45, 2.75) is 31.2 Å². The minimum atomic E-state index is -1.20. The Hall–Kier alpha value is -4.00. The van der Waals surface area contributed by atoms with Crippen LogP contribution in [0.15, 0.2) is 89.9 Å². The second kappa shape index (κ2) is 10.5. The molecule has 0 unspecified atom stereocenters. The highest BCUT2D eigenvalue weighted by atomic mass is 19.1. The number of halogens is 1. The van der Waals surface area contributed by atoms with E-state index >= 15 is 0 Å². The lowest BCUT2D eigenvalue weighted by molar-refractivity contribution is -0.131. The predicted molar refractivity (Wildman–Crippen MR) is 139 cm³/mol. The topological polar surface area (TPSA) is 85.0 Å². The van der Waals surface area contributed by atoms with E-state index in [1.54, 1.807) is 4.90 Å². The van der Waals surface area contributed by atoms with Crippen molar-refractivity contribution in [2.24, 2.45) is 22.6 Å². The first-order valence-corrected chi connectivity index (χ1v) is 12.7. The van der Waals surface area contributed by atoms with Crippen LogP contribution in [0.3, 0.4) is 0 Å². The highest BCUT2D eigenvalue weighted by Crippen LogP contribution is 2.40. The molecule has 1 amide bonds. The molecule has 0 saturated heterocycles. The summed E-state index contributed by atoms with van der Waals surface area (Å²) in [5.74, 6) is 0.409. The molecule has 1 aliphatic heterocycles. The van der Waals surface area contributed by atoms with Crippen molar-refractivity contribution in [3.05, 3.63) is 102 Å². The fraction of sp³-hybridized carbons (Fsp3) is 0.300. The zero-order chi connectivity index (χ0) is 25.8. The van der Waals surface area contributed by atoms with Gasteiger partial charge in [0.1, 0.15) is 18.2 Å². The smallest absolute Gasteiger partial charge is 0.266 e. The number of ether oxygens (including phenoxy) is 1. The maximum Gasteiger partial charge on any atom is 0.266 e. The molecule has 2 aliphatic rings. The van der Waals surface area contributed by atoms with E-state index in [9.17, 15) is 14.0 Å². The monoisotopic (exact) mass is 499 g/mol. The Balaban J connectivity index is 1.23. The van der Waals surface area contributed by atoms with E-state index in [1.165, 1.54) is 24.3 Å². The Morgan fingerprint density at radius 3 is 2.05 bits per heavy atom. The highest BCUT2D eigenvalue weighted by Gasteiger charge is 2.50. The van der Waals surface area contributed by atoms with Gasteiger partial charge in [0.05, 0.1) is 0 Å². The van der Waals surface area contributed by atoms with Crippen LogP contribution in [0.5, 0.6) is 5.75 Å². The summed E-state index contributed by atoms with van der Waals surface area (Å²) in [4.78, 5) is 33.0. The van der Waals surface area contributed by atoms with E-state index in [1.807, 2.05) is 60.7 Å². The lowest BCUT2D eigenvalue weighted by Gasteiger charge is -2.32. The maximum atomic E-state index is 14.0. The molecule has 3 aromatic rings. The third kappa shape index (κ3) is 4.99. The number of ketones is 1. The molecule has 0 radical (unpaired) electrons. The minimum Gasteiger partial charge on any atom is -0.486 e. The minimum absolute atomic E-state index is 0.0259. The molecule has 37 heavy (non-hydrogen) atoms. The van der Waals surface area contributed by atoms with Crippen LogP contribution in [-0.2, 0) is 15.1 Å². The third-order valence-electron chi connectivity index (χ3n) is 7.43. The first kappa shape index (κ1) is 24.7. The first-order valence-electron chi connectivity index (χ1n) is 12.7. The van der Waals surface area contributed by atoms with Gasteiger partial charge in [0.15, 0.2) is 17.3 Å². The van der Waals surface area contributed by atoms with E-state index in [2.05, 4.69) is 0 Å². The third-order valence-corrected chi connectivity index (χ3v) is 7.43. The second-order valence-corrected chi connectivity index (χ2v) is 9.75. The van der Waals surface area contributed by atoms with Gasteiger partial charge >= 0.3 is 0 Å². The molecular formula is C30H30FN3O3. The zero-order valence-corrected chi connectivity index (χ0v) is 20.6. The van der Waals surface area contributed by atoms with Gasteiger partial charge in [0, 0.05) is 12.5 Å². The number of nitrogens with zero attached hydrogens (tertiary/aromatic N) is 2. The maximum absolute atomic E-state index is 14.0. The van der Waals surface area contributed by atoms with Crippen LogP contribution >= 0.6 is 0 Å². The van der Waals surface area contributed by atoms with Crippen LogP contribution in [-0.4, -0.2) is 35.7 Å². The van der Waals surface area contributed by atoms with Crippen molar-refractivity contribution in [1.82, 2.24) is 4.90 Å². The van der Waals surface area contributed by atoms with Crippen LogP contribution in [0.2, 0.25) is 0 Å². The molecule has 6 nitrogen and oxygen atoms in total. The number of aliphatic imine (C=N–C) groups is 1. The number of carbonyl (C=O) groups is 2. The summed E-state index contributed by atoms with van der Waals surface area (Å²) < 4.78 is 18.6. The summed E-state index contributed by atoms with van der Waals surface area (Å²) in [7, 11) is 0. The largest absolute Gasteiger partial charge is 0.486 e. The van der Waals surface area contributed by atoms with Gasteiger partial charge in [-0.3, -0.25) is 14.5 Å². The number of hydrogen-bond acceptors (Lipinski definition) is 5. The number of rotatable bonds is 8. The van der Waals surface area contributed by atoms with Crippen LogP contribution in [0.1, 0.15) is 36.8 Å². The molecule has 5 rings (SSSR count). The number of amides is 1. The lowest BCUT2D eigenvalue weighted by Crippen LogP contribution is -2.46. The average molecular weight is 500 g/mol. The molecule has 2 N–H and O–H groups in total. The van der Waals surface area contributed by atoms with Gasteiger partial charge in [0.2, 0.25) is 0 Å². The van der Waals surface area contributed by atoms with Gasteiger partial charge in [0.25, 0.3) is 5.91 Å².